The summed E-state index contributed by atoms with van der Waals surface area (Å²) in [4.78, 5) is 14.1. The summed E-state index contributed by atoms with van der Waals surface area (Å²) in [5, 5.41) is 9.90. The van der Waals surface area contributed by atoms with Crippen molar-refractivity contribution in [1.29, 1.82) is 0 Å². The van der Waals surface area contributed by atoms with Gasteiger partial charge < -0.3 is 19.5 Å². The zero-order valence-electron chi connectivity index (χ0n) is 13.8. The van der Waals surface area contributed by atoms with Gasteiger partial charge in [-0.2, -0.15) is 0 Å². The Morgan fingerprint density at radius 2 is 1.87 bits per heavy atom. The number of phenolic OH excluding ortho intramolecular Hbond substituents is 1. The fourth-order valence-corrected chi connectivity index (χ4v) is 2.34. The van der Waals surface area contributed by atoms with Crippen LogP contribution >= 0.6 is 0 Å². The van der Waals surface area contributed by atoms with Gasteiger partial charge in [0.2, 0.25) is 0 Å². The van der Waals surface area contributed by atoms with Crippen molar-refractivity contribution < 1.29 is 19.4 Å². The van der Waals surface area contributed by atoms with Crippen LogP contribution in [0.5, 0.6) is 17.2 Å². The summed E-state index contributed by atoms with van der Waals surface area (Å²) in [5.41, 5.74) is 2.07. The van der Waals surface area contributed by atoms with Crippen molar-refractivity contribution in [1.82, 2.24) is 4.90 Å². The molecular weight excluding hydrogens is 294 g/mol. The molecule has 0 fully saturated rings. The third-order valence-corrected chi connectivity index (χ3v) is 3.63. The number of amides is 1. The van der Waals surface area contributed by atoms with Crippen molar-refractivity contribution in [3.05, 3.63) is 53.1 Å². The van der Waals surface area contributed by atoms with Crippen LogP contribution in [-0.4, -0.2) is 37.2 Å². The third-order valence-electron chi connectivity index (χ3n) is 3.63. The first kappa shape index (κ1) is 16.7. The maximum Gasteiger partial charge on any atom is 0.257 e. The Bertz CT molecular complexity index is 712. The van der Waals surface area contributed by atoms with Crippen LogP contribution < -0.4 is 9.47 Å². The lowest BCUT2D eigenvalue weighted by Crippen LogP contribution is -2.26. The summed E-state index contributed by atoms with van der Waals surface area (Å²) in [7, 11) is 4.85. The van der Waals surface area contributed by atoms with Crippen LogP contribution in [0.15, 0.2) is 36.4 Å². The van der Waals surface area contributed by atoms with Crippen LogP contribution in [-0.2, 0) is 6.54 Å². The number of hydrogen-bond acceptors (Lipinski definition) is 4. The predicted octanol–water partition coefficient (Wildman–Crippen LogP) is 2.99. The maximum absolute atomic E-state index is 12.5. The molecule has 0 aliphatic heterocycles. The summed E-state index contributed by atoms with van der Waals surface area (Å²) in [6.07, 6.45) is 0. The van der Waals surface area contributed by atoms with Crippen molar-refractivity contribution >= 4 is 5.91 Å². The fourth-order valence-electron chi connectivity index (χ4n) is 2.34. The highest BCUT2D eigenvalue weighted by molar-refractivity contribution is 5.96. The molecular formula is C18H21NO4. The second kappa shape index (κ2) is 7.05. The predicted molar refractivity (Wildman–Crippen MR) is 88.2 cm³/mol. The highest BCUT2D eigenvalue weighted by Gasteiger charge is 2.17. The first-order chi connectivity index (χ1) is 11.0. The van der Waals surface area contributed by atoms with E-state index in [4.69, 9.17) is 9.47 Å². The highest BCUT2D eigenvalue weighted by atomic mass is 16.5. The molecule has 2 aromatic rings. The minimum Gasteiger partial charge on any atom is -0.507 e. The monoisotopic (exact) mass is 315 g/mol. The SMILES string of the molecule is COc1ccc(CN(C)C(=O)c2cc(C)ccc2O)c(OC)c1. The number of phenols is 1. The van der Waals surface area contributed by atoms with Crippen molar-refractivity contribution in [3.63, 3.8) is 0 Å². The molecule has 5 nitrogen and oxygen atoms in total. The van der Waals surface area contributed by atoms with E-state index in [0.29, 0.717) is 23.6 Å². The summed E-state index contributed by atoms with van der Waals surface area (Å²) in [6.45, 7) is 2.24. The Morgan fingerprint density at radius 3 is 2.52 bits per heavy atom. The molecule has 2 aromatic carbocycles. The standard InChI is InChI=1S/C18H21NO4/c1-12-5-8-16(20)15(9-12)18(21)19(2)11-13-6-7-14(22-3)10-17(13)23-4/h5-10,20H,11H2,1-4H3. The van der Waals surface area contributed by atoms with Gasteiger partial charge in [0.15, 0.2) is 0 Å². The average Bonchev–Trinajstić information content (AvgIpc) is 2.56. The molecule has 0 aliphatic carbocycles. The normalized spacial score (nSPS) is 10.3. The van der Waals surface area contributed by atoms with E-state index < -0.39 is 0 Å². The van der Waals surface area contributed by atoms with Gasteiger partial charge in [0.1, 0.15) is 17.2 Å². The number of carbonyl (C=O) groups is 1. The van der Waals surface area contributed by atoms with Gasteiger partial charge in [-0.05, 0) is 31.2 Å². The van der Waals surface area contributed by atoms with E-state index >= 15 is 0 Å². The zero-order chi connectivity index (χ0) is 17.0. The first-order valence-electron chi connectivity index (χ1n) is 7.22. The average molecular weight is 315 g/mol. The van der Waals surface area contributed by atoms with Crippen LogP contribution in [0.3, 0.4) is 0 Å². The van der Waals surface area contributed by atoms with Crippen molar-refractivity contribution in [2.24, 2.45) is 0 Å². The number of hydrogen-bond donors (Lipinski definition) is 1. The Morgan fingerprint density at radius 1 is 1.13 bits per heavy atom. The molecule has 5 heteroatoms. The number of methoxy groups -OCH3 is 2. The van der Waals surface area contributed by atoms with E-state index in [-0.39, 0.29) is 11.7 Å². The molecule has 122 valence electrons. The van der Waals surface area contributed by atoms with Gasteiger partial charge in [0.25, 0.3) is 5.91 Å². The Balaban J connectivity index is 2.23. The number of aromatic hydroxyl groups is 1. The molecule has 0 bridgehead atoms. The van der Waals surface area contributed by atoms with Gasteiger partial charge in [-0.1, -0.05) is 11.6 Å². The summed E-state index contributed by atoms with van der Waals surface area (Å²) >= 11 is 0. The van der Waals surface area contributed by atoms with Crippen LogP contribution in [0.25, 0.3) is 0 Å². The molecule has 0 aliphatic rings. The van der Waals surface area contributed by atoms with Crippen LogP contribution in [0.4, 0.5) is 0 Å². The molecule has 1 N–H and O–H groups in total. The molecule has 0 unspecified atom stereocenters. The van der Waals surface area contributed by atoms with Crippen LogP contribution in [0, 0.1) is 6.92 Å². The quantitative estimate of drug-likeness (QED) is 0.921. The van der Waals surface area contributed by atoms with Crippen molar-refractivity contribution in [2.45, 2.75) is 13.5 Å². The molecule has 0 spiro atoms. The lowest BCUT2D eigenvalue weighted by atomic mass is 10.1. The van der Waals surface area contributed by atoms with E-state index in [1.165, 1.54) is 6.07 Å². The van der Waals surface area contributed by atoms with Gasteiger partial charge >= 0.3 is 0 Å². The lowest BCUT2D eigenvalue weighted by Gasteiger charge is -2.20. The van der Waals surface area contributed by atoms with Gasteiger partial charge in [-0.25, -0.2) is 0 Å². The fraction of sp³-hybridized carbons (Fsp3) is 0.278. The van der Waals surface area contributed by atoms with E-state index in [9.17, 15) is 9.90 Å². The van der Waals surface area contributed by atoms with Crippen molar-refractivity contribution in [2.75, 3.05) is 21.3 Å². The first-order valence-corrected chi connectivity index (χ1v) is 7.22. The molecule has 0 heterocycles. The zero-order valence-corrected chi connectivity index (χ0v) is 13.8. The molecule has 0 radical (unpaired) electrons. The number of benzene rings is 2. The second-order valence-electron chi connectivity index (χ2n) is 5.36. The summed E-state index contributed by atoms with van der Waals surface area (Å²) < 4.78 is 10.5. The highest BCUT2D eigenvalue weighted by Crippen LogP contribution is 2.26. The van der Waals surface area contributed by atoms with Crippen molar-refractivity contribution in [3.8, 4) is 17.2 Å². The maximum atomic E-state index is 12.5. The molecule has 1 amide bonds. The Kier molecular flexibility index (Phi) is 5.11. The number of aryl methyl sites for hydroxylation is 1. The Hall–Kier alpha value is -2.69. The molecule has 0 saturated carbocycles. The van der Waals surface area contributed by atoms with E-state index in [2.05, 4.69) is 0 Å². The molecule has 0 atom stereocenters. The topological polar surface area (TPSA) is 59.0 Å². The number of carbonyl (C=O) groups excluding carboxylic acids is 1. The van der Waals surface area contributed by atoms with Crippen LogP contribution in [0.1, 0.15) is 21.5 Å². The van der Waals surface area contributed by atoms with E-state index in [1.54, 1.807) is 44.4 Å². The number of rotatable bonds is 5. The largest absolute Gasteiger partial charge is 0.507 e. The smallest absolute Gasteiger partial charge is 0.257 e. The summed E-state index contributed by atoms with van der Waals surface area (Å²) in [5.74, 6) is 1.08. The minimum atomic E-state index is -0.246. The van der Waals surface area contributed by atoms with Gasteiger partial charge in [0.05, 0.1) is 19.8 Å². The van der Waals surface area contributed by atoms with Gasteiger partial charge in [0, 0.05) is 25.2 Å². The third kappa shape index (κ3) is 3.74. The van der Waals surface area contributed by atoms with E-state index in [1.807, 2.05) is 19.1 Å². The van der Waals surface area contributed by atoms with Gasteiger partial charge in [-0.15, -0.1) is 0 Å². The number of nitrogens with zero attached hydrogens (tertiary/aromatic N) is 1. The second-order valence-corrected chi connectivity index (χ2v) is 5.36. The van der Waals surface area contributed by atoms with E-state index in [0.717, 1.165) is 11.1 Å². The molecule has 0 saturated heterocycles. The van der Waals surface area contributed by atoms with Gasteiger partial charge in [-0.3, -0.25) is 4.79 Å². The summed E-state index contributed by atoms with van der Waals surface area (Å²) in [6, 6.07) is 10.4. The van der Waals surface area contributed by atoms with Crippen LogP contribution in [0.2, 0.25) is 0 Å². The molecule has 0 aromatic heterocycles. The lowest BCUT2D eigenvalue weighted by molar-refractivity contribution is 0.0781. The molecule has 2 rings (SSSR count). The Labute approximate surface area is 136 Å². The minimum absolute atomic E-state index is 0.0193. The molecule has 23 heavy (non-hydrogen) atoms. The number of ether oxygens (including phenoxy) is 2.